The molecule has 40 heavy (non-hydrogen) atoms. The van der Waals surface area contributed by atoms with Crippen LogP contribution in [-0.4, -0.2) is 31.1 Å². The first-order chi connectivity index (χ1) is 19.2. The number of ether oxygens (including phenoxy) is 3. The van der Waals surface area contributed by atoms with Gasteiger partial charge in [-0.05, 0) is 48.7 Å². The van der Waals surface area contributed by atoms with Gasteiger partial charge in [-0.2, -0.15) is 0 Å². The van der Waals surface area contributed by atoms with E-state index in [9.17, 15) is 9.59 Å². The highest BCUT2D eigenvalue weighted by Gasteiger charge is 2.19. The number of pyridine rings is 1. The van der Waals surface area contributed by atoms with E-state index in [0.717, 1.165) is 0 Å². The Morgan fingerprint density at radius 1 is 1.05 bits per heavy atom. The van der Waals surface area contributed by atoms with E-state index in [1.807, 2.05) is 24.3 Å². The molecule has 0 saturated carbocycles. The molecule has 0 unspecified atom stereocenters. The van der Waals surface area contributed by atoms with Gasteiger partial charge >= 0.3 is 5.97 Å². The van der Waals surface area contributed by atoms with E-state index in [0.29, 0.717) is 51.0 Å². The van der Waals surface area contributed by atoms with Crippen LogP contribution in [0.4, 0.5) is 11.4 Å². The van der Waals surface area contributed by atoms with Gasteiger partial charge in [0.05, 0.1) is 31.3 Å². The van der Waals surface area contributed by atoms with Crippen LogP contribution in [0.5, 0.6) is 11.5 Å². The summed E-state index contributed by atoms with van der Waals surface area (Å²) in [4.78, 5) is 34.7. The lowest BCUT2D eigenvalue weighted by atomic mass is 10.0. The number of fused-ring (bicyclic) bond motifs is 1. The molecule has 0 saturated heterocycles. The predicted molar refractivity (Wildman–Crippen MR) is 152 cm³/mol. The number of aromatic nitrogens is 1. The molecule has 4 aromatic rings. The zero-order chi connectivity index (χ0) is 28.8. The maximum atomic E-state index is 13.7. The Hall–Kier alpha value is -4.66. The molecular weight excluding hydrogens is 510 g/mol. The first-order valence-electron chi connectivity index (χ1n) is 13.0. The van der Waals surface area contributed by atoms with Crippen molar-refractivity contribution < 1.29 is 28.2 Å². The van der Waals surface area contributed by atoms with Crippen molar-refractivity contribution in [2.75, 3.05) is 19.5 Å². The van der Waals surface area contributed by atoms with Crippen LogP contribution in [0, 0.1) is 6.92 Å². The minimum atomic E-state index is -0.461. The van der Waals surface area contributed by atoms with Crippen LogP contribution in [-0.2, 0) is 16.1 Å². The second-order valence-electron chi connectivity index (χ2n) is 9.47. The molecule has 0 radical (unpaired) electrons. The van der Waals surface area contributed by atoms with Gasteiger partial charge in [0, 0.05) is 29.6 Å². The van der Waals surface area contributed by atoms with Gasteiger partial charge < -0.3 is 23.9 Å². The van der Waals surface area contributed by atoms with E-state index in [1.165, 1.54) is 12.7 Å². The Kier molecular flexibility index (Phi) is 8.83. The van der Waals surface area contributed by atoms with E-state index in [4.69, 9.17) is 23.6 Å². The minimum Gasteiger partial charge on any atom is -0.497 e. The number of carbonyl (C=O) groups excluding carboxylic acids is 2. The first-order valence-corrected chi connectivity index (χ1v) is 13.0. The molecule has 0 fully saturated rings. The Labute approximate surface area is 232 Å². The molecule has 2 aromatic heterocycles. The number of amides is 1. The molecule has 1 N–H and O–H groups in total. The molecule has 2 heterocycles. The van der Waals surface area contributed by atoms with Gasteiger partial charge in [-0.1, -0.05) is 32.9 Å². The second-order valence-corrected chi connectivity index (χ2v) is 9.47. The molecule has 0 aliphatic heterocycles. The van der Waals surface area contributed by atoms with Crippen LogP contribution >= 0.6 is 0 Å². The standard InChI is InChI=1S/C31H33N3O6/c1-7-28(35)39-17-21-16-32-19(4)29-24(21)15-25(30(36)34-26-13-12-23(37-5)14-27(26)38-6)31(40-29)33-22-10-8-20(9-11-22)18(2)3/h8-16,18H,7,17H2,1-6H3,(H,34,36). The van der Waals surface area contributed by atoms with Crippen molar-refractivity contribution in [3.63, 3.8) is 0 Å². The summed E-state index contributed by atoms with van der Waals surface area (Å²) in [5, 5.41) is 3.49. The van der Waals surface area contributed by atoms with Crippen molar-refractivity contribution in [3.05, 3.63) is 82.7 Å². The number of aryl methyl sites for hydroxylation is 1. The fourth-order valence-corrected chi connectivity index (χ4v) is 4.05. The Morgan fingerprint density at radius 3 is 2.45 bits per heavy atom. The highest BCUT2D eigenvalue weighted by atomic mass is 16.5. The molecule has 208 valence electrons. The maximum Gasteiger partial charge on any atom is 0.305 e. The second kappa shape index (κ2) is 12.5. The summed E-state index contributed by atoms with van der Waals surface area (Å²) in [5.41, 5.74) is 4.21. The van der Waals surface area contributed by atoms with Crippen molar-refractivity contribution in [1.29, 1.82) is 0 Å². The molecule has 1 amide bonds. The van der Waals surface area contributed by atoms with Gasteiger partial charge in [0.15, 0.2) is 5.58 Å². The lowest BCUT2D eigenvalue weighted by Gasteiger charge is -2.13. The highest BCUT2D eigenvalue weighted by Crippen LogP contribution is 2.30. The van der Waals surface area contributed by atoms with Gasteiger partial charge in [0.25, 0.3) is 5.91 Å². The van der Waals surface area contributed by atoms with Crippen LogP contribution in [0.25, 0.3) is 11.0 Å². The first kappa shape index (κ1) is 28.4. The number of benzene rings is 2. The van der Waals surface area contributed by atoms with Crippen LogP contribution < -0.4 is 20.3 Å². The van der Waals surface area contributed by atoms with Crippen LogP contribution in [0.1, 0.15) is 60.3 Å². The number of methoxy groups -OCH3 is 2. The zero-order valence-corrected chi connectivity index (χ0v) is 23.5. The number of hydrogen-bond donors (Lipinski definition) is 1. The average Bonchev–Trinajstić information content (AvgIpc) is 2.96. The van der Waals surface area contributed by atoms with Gasteiger partial charge in [-0.25, -0.2) is 4.99 Å². The fraction of sp³-hybridized carbons (Fsp3) is 0.290. The van der Waals surface area contributed by atoms with Gasteiger partial charge in [-0.3, -0.25) is 14.6 Å². The summed E-state index contributed by atoms with van der Waals surface area (Å²) in [7, 11) is 3.06. The molecule has 0 spiro atoms. The van der Waals surface area contributed by atoms with Gasteiger partial charge in [0.1, 0.15) is 23.7 Å². The number of nitrogens with one attached hydrogen (secondary N) is 1. The van der Waals surface area contributed by atoms with E-state index < -0.39 is 5.91 Å². The Balaban J connectivity index is 1.87. The fourth-order valence-electron chi connectivity index (χ4n) is 4.05. The molecule has 0 aliphatic carbocycles. The van der Waals surface area contributed by atoms with Crippen LogP contribution in [0.2, 0.25) is 0 Å². The molecule has 0 aliphatic rings. The van der Waals surface area contributed by atoms with Gasteiger partial charge in [-0.15, -0.1) is 0 Å². The lowest BCUT2D eigenvalue weighted by molar-refractivity contribution is -0.144. The van der Waals surface area contributed by atoms with Crippen molar-refractivity contribution in [1.82, 2.24) is 4.98 Å². The number of carbonyl (C=O) groups is 2. The van der Waals surface area contributed by atoms with Crippen molar-refractivity contribution in [3.8, 4) is 11.5 Å². The Bertz CT molecular complexity index is 1610. The van der Waals surface area contributed by atoms with Crippen molar-refractivity contribution in [2.24, 2.45) is 4.99 Å². The van der Waals surface area contributed by atoms with E-state index in [2.05, 4.69) is 24.1 Å². The quantitative estimate of drug-likeness (QED) is 0.250. The van der Waals surface area contributed by atoms with Crippen molar-refractivity contribution in [2.45, 2.75) is 46.6 Å². The number of esters is 1. The molecular formula is C31H33N3O6. The highest BCUT2D eigenvalue weighted by molar-refractivity contribution is 6.06. The summed E-state index contributed by atoms with van der Waals surface area (Å²) in [5.74, 6) is 0.587. The average molecular weight is 544 g/mol. The summed E-state index contributed by atoms with van der Waals surface area (Å²) in [6, 6.07) is 14.5. The maximum absolute atomic E-state index is 13.7. The summed E-state index contributed by atoms with van der Waals surface area (Å²) >= 11 is 0. The van der Waals surface area contributed by atoms with E-state index in [-0.39, 0.29) is 30.1 Å². The topological polar surface area (TPSA) is 112 Å². The zero-order valence-electron chi connectivity index (χ0n) is 23.5. The number of rotatable bonds is 9. The van der Waals surface area contributed by atoms with E-state index >= 15 is 0 Å². The smallest absolute Gasteiger partial charge is 0.305 e. The third-order valence-corrected chi connectivity index (χ3v) is 6.42. The number of anilines is 1. The summed E-state index contributed by atoms with van der Waals surface area (Å²) < 4.78 is 22.3. The third-order valence-electron chi connectivity index (χ3n) is 6.42. The minimum absolute atomic E-state index is 0.00745. The molecule has 4 rings (SSSR count). The number of hydrogen-bond acceptors (Lipinski definition) is 8. The SMILES string of the molecule is CCC(=O)OCc1cnc(C)c2oc(=Nc3ccc(C(C)C)cc3)c(C(=O)Nc3ccc(OC)cc3OC)cc12. The summed E-state index contributed by atoms with van der Waals surface area (Å²) in [6.07, 6.45) is 1.86. The third kappa shape index (κ3) is 6.31. The molecule has 2 aromatic carbocycles. The normalized spacial score (nSPS) is 11.5. The lowest BCUT2D eigenvalue weighted by Crippen LogP contribution is -2.22. The molecule has 9 nitrogen and oxygen atoms in total. The molecule has 0 bridgehead atoms. The monoisotopic (exact) mass is 543 g/mol. The molecule has 9 heteroatoms. The number of nitrogens with zero attached hydrogens (tertiary/aromatic N) is 2. The largest absolute Gasteiger partial charge is 0.497 e. The predicted octanol–water partition coefficient (Wildman–Crippen LogP) is 6.21. The van der Waals surface area contributed by atoms with E-state index in [1.54, 1.807) is 51.4 Å². The van der Waals surface area contributed by atoms with Crippen molar-refractivity contribution >= 4 is 34.2 Å². The van der Waals surface area contributed by atoms with Gasteiger partial charge in [0.2, 0.25) is 5.55 Å². The van der Waals surface area contributed by atoms with Crippen LogP contribution in [0.3, 0.4) is 0 Å². The Morgan fingerprint density at radius 2 is 1.80 bits per heavy atom. The van der Waals surface area contributed by atoms with Crippen LogP contribution in [0.15, 0.2) is 64.1 Å². The summed E-state index contributed by atoms with van der Waals surface area (Å²) in [6.45, 7) is 7.75. The molecule has 0 atom stereocenters.